The Kier molecular flexibility index (Phi) is 7.14. The maximum atomic E-state index is 11.3. The molecule has 176 valence electrons. The molecule has 0 atom stereocenters. The first-order valence-electron chi connectivity index (χ1n) is 12.4. The third-order valence-corrected chi connectivity index (χ3v) is 8.21. The summed E-state index contributed by atoms with van der Waals surface area (Å²) in [5, 5.41) is 11.4. The van der Waals surface area contributed by atoms with E-state index in [1.807, 2.05) is 18.2 Å². The topological polar surface area (TPSA) is 53.0 Å². The molecule has 33 heavy (non-hydrogen) atoms. The highest BCUT2D eigenvalue weighted by Gasteiger charge is 2.26. The molecule has 2 aromatic rings. The Labute approximate surface area is 200 Å². The van der Waals surface area contributed by atoms with Gasteiger partial charge in [-0.25, -0.2) is 0 Å². The molecule has 0 bridgehead atoms. The van der Waals surface area contributed by atoms with Crippen LogP contribution in [0.5, 0.6) is 5.75 Å². The molecular weight excluding hydrogens is 432 g/mol. The minimum absolute atomic E-state index is 0.0397. The Balaban J connectivity index is 1.33. The smallest absolute Gasteiger partial charge is 0.307 e. The molecule has 2 fully saturated rings. The van der Waals surface area contributed by atoms with Crippen molar-refractivity contribution in [1.82, 2.24) is 9.80 Å². The number of hydrogen-bond donors (Lipinski definition) is 1. The van der Waals surface area contributed by atoms with Gasteiger partial charge in [0.25, 0.3) is 0 Å². The minimum atomic E-state index is -0.798. The Morgan fingerprint density at radius 3 is 2.52 bits per heavy atom. The fourth-order valence-corrected chi connectivity index (χ4v) is 6.50. The van der Waals surface area contributed by atoms with Crippen LogP contribution in [0.15, 0.2) is 35.2 Å². The third-order valence-electron chi connectivity index (χ3n) is 7.24. The summed E-state index contributed by atoms with van der Waals surface area (Å²) in [5.74, 6) is 0.0763. The summed E-state index contributed by atoms with van der Waals surface area (Å²) < 4.78 is 6.16. The average Bonchev–Trinajstić information content (AvgIpc) is 3.22. The van der Waals surface area contributed by atoms with Crippen molar-refractivity contribution in [2.75, 3.05) is 39.3 Å². The fourth-order valence-electron chi connectivity index (χ4n) is 5.48. The number of carboxylic acid groups (broad SMARTS) is 1. The fraction of sp³-hybridized carbons (Fsp3) is 0.519. The molecule has 1 aromatic carbocycles. The maximum absolute atomic E-state index is 11.3. The number of ether oxygens (including phenoxy) is 1. The van der Waals surface area contributed by atoms with E-state index in [2.05, 4.69) is 21.2 Å². The molecule has 0 radical (unpaired) electrons. The summed E-state index contributed by atoms with van der Waals surface area (Å²) in [6, 6.07) is 8.06. The van der Waals surface area contributed by atoms with Crippen molar-refractivity contribution in [2.24, 2.45) is 0 Å². The van der Waals surface area contributed by atoms with E-state index in [0.29, 0.717) is 6.61 Å². The van der Waals surface area contributed by atoms with E-state index in [1.54, 1.807) is 11.3 Å². The van der Waals surface area contributed by atoms with Crippen LogP contribution in [0.25, 0.3) is 5.57 Å². The number of aliphatic carboxylic acids is 1. The molecule has 0 unspecified atom stereocenters. The molecule has 5 nitrogen and oxygen atoms in total. The van der Waals surface area contributed by atoms with E-state index in [-0.39, 0.29) is 6.42 Å². The molecule has 1 aromatic heterocycles. The number of piperidine rings is 2. The summed E-state index contributed by atoms with van der Waals surface area (Å²) >= 11 is 1.78. The predicted octanol–water partition coefficient (Wildman–Crippen LogP) is 5.04. The molecule has 5 rings (SSSR count). The van der Waals surface area contributed by atoms with Crippen LogP contribution in [0.1, 0.15) is 60.1 Å². The van der Waals surface area contributed by atoms with E-state index in [4.69, 9.17) is 4.74 Å². The maximum Gasteiger partial charge on any atom is 0.307 e. The normalized spacial score (nSPS) is 19.5. The van der Waals surface area contributed by atoms with E-state index < -0.39 is 5.97 Å². The van der Waals surface area contributed by atoms with E-state index in [9.17, 15) is 9.90 Å². The predicted molar refractivity (Wildman–Crippen MR) is 133 cm³/mol. The van der Waals surface area contributed by atoms with Gasteiger partial charge in [-0.2, -0.15) is 0 Å². The van der Waals surface area contributed by atoms with Crippen LogP contribution >= 0.6 is 11.3 Å². The quantitative estimate of drug-likeness (QED) is 0.646. The van der Waals surface area contributed by atoms with E-state index in [1.165, 1.54) is 73.4 Å². The van der Waals surface area contributed by atoms with Crippen molar-refractivity contribution in [3.63, 3.8) is 0 Å². The number of carbonyl (C=O) groups is 1. The highest BCUT2D eigenvalue weighted by Crippen LogP contribution is 2.43. The van der Waals surface area contributed by atoms with Crippen molar-refractivity contribution in [3.05, 3.63) is 56.8 Å². The minimum Gasteiger partial charge on any atom is -0.488 e. The van der Waals surface area contributed by atoms with Crippen LogP contribution in [0, 0.1) is 0 Å². The highest BCUT2D eigenvalue weighted by atomic mass is 32.1. The summed E-state index contributed by atoms with van der Waals surface area (Å²) in [6.07, 6.45) is 7.57. The van der Waals surface area contributed by atoms with Gasteiger partial charge in [0, 0.05) is 34.7 Å². The molecule has 0 saturated carbocycles. The van der Waals surface area contributed by atoms with Crippen molar-refractivity contribution >= 4 is 22.9 Å². The number of fused-ring (bicyclic) bond motifs is 2. The zero-order chi connectivity index (χ0) is 22.6. The van der Waals surface area contributed by atoms with Gasteiger partial charge in [-0.15, -0.1) is 11.3 Å². The molecule has 0 amide bonds. The second kappa shape index (κ2) is 10.4. The molecular formula is C27H34N2O3S. The lowest BCUT2D eigenvalue weighted by Gasteiger charge is -2.31. The Morgan fingerprint density at radius 1 is 1.00 bits per heavy atom. The van der Waals surface area contributed by atoms with Gasteiger partial charge in [-0.3, -0.25) is 4.79 Å². The van der Waals surface area contributed by atoms with Crippen molar-refractivity contribution in [2.45, 2.75) is 51.6 Å². The molecule has 0 spiro atoms. The standard InChI is InChI=1S/C27H34N2O3S/c30-25(31)18-20-5-6-24-23(17-20)26(27-22(19-32-24)9-16-33-27)21-7-14-29(15-8-21)13-4-12-28-10-2-1-3-11-28/h5-6,9,16-17H,1-4,7-8,10-15,18-19H2,(H,30,31). The van der Waals surface area contributed by atoms with Crippen LogP contribution in [0.3, 0.4) is 0 Å². The number of carboxylic acids is 1. The van der Waals surface area contributed by atoms with Crippen LogP contribution in [0.4, 0.5) is 0 Å². The van der Waals surface area contributed by atoms with Gasteiger partial charge < -0.3 is 19.6 Å². The van der Waals surface area contributed by atoms with Crippen LogP contribution in [-0.4, -0.2) is 60.1 Å². The molecule has 6 heteroatoms. The van der Waals surface area contributed by atoms with Gasteiger partial charge in [0.15, 0.2) is 0 Å². The van der Waals surface area contributed by atoms with Crippen molar-refractivity contribution in [1.29, 1.82) is 0 Å². The monoisotopic (exact) mass is 466 g/mol. The lowest BCUT2D eigenvalue weighted by atomic mass is 9.89. The molecule has 3 aliphatic rings. The Hall–Kier alpha value is -2.15. The third kappa shape index (κ3) is 5.34. The number of likely N-dealkylation sites (tertiary alicyclic amines) is 2. The molecule has 2 saturated heterocycles. The first-order valence-corrected chi connectivity index (χ1v) is 13.3. The molecule has 0 aliphatic carbocycles. The number of nitrogens with zero attached hydrogens (tertiary/aromatic N) is 2. The SMILES string of the molecule is O=C(O)Cc1ccc2c(c1)C(=C1CCN(CCCN3CCCCC3)CC1)c1sccc1CO2. The number of hydrogen-bond acceptors (Lipinski definition) is 5. The zero-order valence-corrected chi connectivity index (χ0v) is 20.2. The summed E-state index contributed by atoms with van der Waals surface area (Å²) in [7, 11) is 0. The number of thiophene rings is 1. The molecule has 3 aliphatic heterocycles. The zero-order valence-electron chi connectivity index (χ0n) is 19.4. The Bertz CT molecular complexity index is 1010. The lowest BCUT2D eigenvalue weighted by Crippen LogP contribution is -2.35. The van der Waals surface area contributed by atoms with Gasteiger partial charge in [-0.1, -0.05) is 18.1 Å². The summed E-state index contributed by atoms with van der Waals surface area (Å²) in [6.45, 7) is 7.76. The number of rotatable bonds is 6. The highest BCUT2D eigenvalue weighted by molar-refractivity contribution is 7.11. The first-order chi connectivity index (χ1) is 16.2. The van der Waals surface area contributed by atoms with Gasteiger partial charge in [0.1, 0.15) is 12.4 Å². The summed E-state index contributed by atoms with van der Waals surface area (Å²) in [4.78, 5) is 17.9. The van der Waals surface area contributed by atoms with E-state index in [0.717, 1.165) is 42.8 Å². The Morgan fingerprint density at radius 2 is 1.76 bits per heavy atom. The van der Waals surface area contributed by atoms with Gasteiger partial charge in [0.2, 0.25) is 0 Å². The van der Waals surface area contributed by atoms with E-state index >= 15 is 0 Å². The molecule has 4 heterocycles. The lowest BCUT2D eigenvalue weighted by molar-refractivity contribution is -0.136. The van der Waals surface area contributed by atoms with Crippen molar-refractivity contribution < 1.29 is 14.6 Å². The second-order valence-electron chi connectivity index (χ2n) is 9.54. The van der Waals surface area contributed by atoms with Gasteiger partial charge in [-0.05, 0) is 87.4 Å². The number of benzene rings is 1. The molecule has 1 N–H and O–H groups in total. The largest absolute Gasteiger partial charge is 0.488 e. The summed E-state index contributed by atoms with van der Waals surface area (Å²) in [5.41, 5.74) is 5.93. The average molecular weight is 467 g/mol. The first kappa shape index (κ1) is 22.6. The van der Waals surface area contributed by atoms with Crippen LogP contribution in [-0.2, 0) is 17.8 Å². The van der Waals surface area contributed by atoms with Crippen LogP contribution < -0.4 is 4.74 Å². The van der Waals surface area contributed by atoms with Gasteiger partial charge >= 0.3 is 5.97 Å². The van der Waals surface area contributed by atoms with Gasteiger partial charge in [0.05, 0.1) is 6.42 Å². The second-order valence-corrected chi connectivity index (χ2v) is 10.5. The van der Waals surface area contributed by atoms with Crippen molar-refractivity contribution in [3.8, 4) is 5.75 Å². The van der Waals surface area contributed by atoms with Crippen LogP contribution in [0.2, 0.25) is 0 Å².